The van der Waals surface area contributed by atoms with E-state index >= 15 is 0 Å². The van der Waals surface area contributed by atoms with Gasteiger partial charge < -0.3 is 9.64 Å². The van der Waals surface area contributed by atoms with Crippen molar-refractivity contribution < 1.29 is 14.5 Å². The van der Waals surface area contributed by atoms with E-state index in [1.807, 2.05) is 14.1 Å². The number of rotatable bonds is 4. The highest BCUT2D eigenvalue weighted by Gasteiger charge is 2.40. The van der Waals surface area contributed by atoms with Crippen LogP contribution in [0.4, 0.5) is 5.69 Å². The van der Waals surface area contributed by atoms with E-state index in [1.54, 1.807) is 0 Å². The van der Waals surface area contributed by atoms with E-state index in [0.717, 1.165) is 18.8 Å². The number of hydrogen-bond acceptors (Lipinski definition) is 5. The molecule has 2 saturated carbocycles. The summed E-state index contributed by atoms with van der Waals surface area (Å²) in [6, 6.07) is 5.87. The van der Waals surface area contributed by atoms with Crippen LogP contribution in [0.3, 0.4) is 0 Å². The average molecular weight is 346 g/mol. The molecule has 6 nitrogen and oxygen atoms in total. The Bertz CT molecular complexity index is 629. The third-order valence-corrected chi connectivity index (χ3v) is 5.81. The molecule has 0 N–H and O–H groups in total. The smallest absolute Gasteiger partial charge is 0.338 e. The van der Waals surface area contributed by atoms with Gasteiger partial charge in [-0.05, 0) is 50.9 Å². The number of non-ortho nitro benzene ring substituents is 1. The lowest BCUT2D eigenvalue weighted by molar-refractivity contribution is -0.384. The zero-order valence-corrected chi connectivity index (χ0v) is 14.9. The van der Waals surface area contributed by atoms with Gasteiger partial charge in [-0.2, -0.15) is 0 Å². The molecule has 1 aromatic rings. The Morgan fingerprint density at radius 1 is 1.12 bits per heavy atom. The summed E-state index contributed by atoms with van der Waals surface area (Å²) in [7, 11) is 4.08. The molecule has 2 aliphatic carbocycles. The summed E-state index contributed by atoms with van der Waals surface area (Å²) in [5.74, 6) is 1.01. The lowest BCUT2D eigenvalue weighted by Gasteiger charge is -2.45. The SMILES string of the molecule is CN(C)C1CC2CCCCC2CC1OC(=O)c1ccc([N+](=O)[O-])cc1. The van der Waals surface area contributed by atoms with Gasteiger partial charge in [-0.15, -0.1) is 0 Å². The zero-order valence-electron chi connectivity index (χ0n) is 14.9. The van der Waals surface area contributed by atoms with E-state index in [1.165, 1.54) is 49.9 Å². The molecule has 6 heteroatoms. The number of likely N-dealkylation sites (N-methyl/N-ethyl adjacent to an activating group) is 1. The van der Waals surface area contributed by atoms with Crippen LogP contribution >= 0.6 is 0 Å². The number of benzene rings is 1. The number of carbonyl (C=O) groups is 1. The quantitative estimate of drug-likeness (QED) is 0.473. The van der Waals surface area contributed by atoms with Crippen LogP contribution in [0.2, 0.25) is 0 Å². The minimum absolute atomic E-state index is 0.0227. The van der Waals surface area contributed by atoms with E-state index < -0.39 is 4.92 Å². The Hall–Kier alpha value is -1.95. The monoisotopic (exact) mass is 346 g/mol. The van der Waals surface area contributed by atoms with Crippen molar-refractivity contribution in [3.8, 4) is 0 Å². The second-order valence-corrected chi connectivity index (χ2v) is 7.55. The van der Waals surface area contributed by atoms with Gasteiger partial charge in [0.25, 0.3) is 5.69 Å². The number of fused-ring (bicyclic) bond motifs is 1. The second kappa shape index (κ2) is 7.52. The fraction of sp³-hybridized carbons (Fsp3) is 0.632. The first-order valence-corrected chi connectivity index (χ1v) is 9.07. The molecule has 2 fully saturated rings. The molecule has 1 aromatic carbocycles. The Morgan fingerprint density at radius 2 is 1.72 bits per heavy atom. The molecule has 0 aromatic heterocycles. The van der Waals surface area contributed by atoms with Crippen molar-refractivity contribution in [3.05, 3.63) is 39.9 Å². The highest BCUT2D eigenvalue weighted by Crippen LogP contribution is 2.42. The van der Waals surface area contributed by atoms with E-state index in [9.17, 15) is 14.9 Å². The minimum Gasteiger partial charge on any atom is -0.457 e. The van der Waals surface area contributed by atoms with Gasteiger partial charge in [-0.25, -0.2) is 4.79 Å². The summed E-state index contributed by atoms with van der Waals surface area (Å²) in [4.78, 5) is 24.9. The summed E-state index contributed by atoms with van der Waals surface area (Å²) in [5, 5.41) is 10.7. The average Bonchev–Trinajstić information content (AvgIpc) is 2.61. The predicted octanol–water partition coefficient (Wildman–Crippen LogP) is 3.65. The minimum atomic E-state index is -0.471. The highest BCUT2D eigenvalue weighted by atomic mass is 16.6. The van der Waals surface area contributed by atoms with E-state index in [-0.39, 0.29) is 23.8 Å². The van der Waals surface area contributed by atoms with Crippen LogP contribution in [0.5, 0.6) is 0 Å². The number of nitro groups is 1. The molecule has 0 amide bonds. The van der Waals surface area contributed by atoms with Crippen molar-refractivity contribution in [1.82, 2.24) is 4.90 Å². The largest absolute Gasteiger partial charge is 0.457 e. The van der Waals surface area contributed by atoms with Gasteiger partial charge in [0, 0.05) is 18.2 Å². The summed E-state index contributed by atoms with van der Waals surface area (Å²) in [5.41, 5.74) is 0.347. The van der Waals surface area contributed by atoms with Crippen molar-refractivity contribution in [3.63, 3.8) is 0 Å². The molecule has 136 valence electrons. The molecule has 3 rings (SSSR count). The number of nitro benzene ring substituents is 1. The Morgan fingerprint density at radius 3 is 2.28 bits per heavy atom. The van der Waals surface area contributed by atoms with Crippen molar-refractivity contribution in [1.29, 1.82) is 0 Å². The van der Waals surface area contributed by atoms with Crippen LogP contribution < -0.4 is 0 Å². The topological polar surface area (TPSA) is 72.7 Å². The summed E-state index contributed by atoms with van der Waals surface area (Å²) in [6.07, 6.45) is 7.00. The van der Waals surface area contributed by atoms with Gasteiger partial charge in [-0.1, -0.05) is 25.7 Å². The molecule has 0 aliphatic heterocycles. The lowest BCUT2D eigenvalue weighted by Crippen LogP contribution is -2.49. The number of esters is 1. The zero-order chi connectivity index (χ0) is 18.0. The highest BCUT2D eigenvalue weighted by molar-refractivity contribution is 5.89. The maximum absolute atomic E-state index is 12.5. The molecule has 0 bridgehead atoms. The van der Waals surface area contributed by atoms with Crippen molar-refractivity contribution >= 4 is 11.7 Å². The molecular weight excluding hydrogens is 320 g/mol. The number of carbonyl (C=O) groups excluding carboxylic acids is 1. The Balaban J connectivity index is 1.70. The maximum atomic E-state index is 12.5. The van der Waals surface area contributed by atoms with E-state index in [0.29, 0.717) is 11.5 Å². The fourth-order valence-corrected chi connectivity index (χ4v) is 4.42. The first-order valence-electron chi connectivity index (χ1n) is 9.07. The normalized spacial score (nSPS) is 29.1. The molecule has 25 heavy (non-hydrogen) atoms. The third-order valence-electron chi connectivity index (χ3n) is 5.81. The fourth-order valence-electron chi connectivity index (χ4n) is 4.42. The molecule has 4 atom stereocenters. The van der Waals surface area contributed by atoms with Gasteiger partial charge >= 0.3 is 5.97 Å². The first-order chi connectivity index (χ1) is 12.0. The molecule has 4 unspecified atom stereocenters. The van der Waals surface area contributed by atoms with Crippen LogP contribution in [-0.2, 0) is 4.74 Å². The van der Waals surface area contributed by atoms with E-state index in [4.69, 9.17) is 4.74 Å². The molecule has 0 radical (unpaired) electrons. The predicted molar refractivity (Wildman–Crippen MR) is 94.5 cm³/mol. The maximum Gasteiger partial charge on any atom is 0.338 e. The van der Waals surface area contributed by atoms with E-state index in [2.05, 4.69) is 4.90 Å². The summed E-state index contributed by atoms with van der Waals surface area (Å²) >= 11 is 0. The molecule has 2 aliphatic rings. The standard InChI is InChI=1S/C19H26N2O4/c1-20(2)17-11-14-5-3-4-6-15(14)12-18(17)25-19(22)13-7-9-16(10-8-13)21(23)24/h7-10,14-15,17-18H,3-6,11-12H2,1-2H3. The Labute approximate surface area is 148 Å². The van der Waals surface area contributed by atoms with Gasteiger partial charge in [0.05, 0.1) is 10.5 Å². The molecule has 0 spiro atoms. The van der Waals surface area contributed by atoms with Gasteiger partial charge in [0.2, 0.25) is 0 Å². The van der Waals surface area contributed by atoms with Crippen molar-refractivity contribution in [2.24, 2.45) is 11.8 Å². The molecule has 0 heterocycles. The van der Waals surface area contributed by atoms with Crippen LogP contribution in [0.15, 0.2) is 24.3 Å². The Kier molecular flexibility index (Phi) is 5.37. The van der Waals surface area contributed by atoms with Crippen LogP contribution in [0.25, 0.3) is 0 Å². The summed E-state index contributed by atoms with van der Waals surface area (Å²) in [6.45, 7) is 0. The number of ether oxygens (including phenoxy) is 1. The number of hydrogen-bond donors (Lipinski definition) is 0. The van der Waals surface area contributed by atoms with Crippen molar-refractivity contribution in [2.45, 2.75) is 50.7 Å². The van der Waals surface area contributed by atoms with Crippen LogP contribution in [0.1, 0.15) is 48.9 Å². The molecular formula is C19H26N2O4. The first kappa shape index (κ1) is 17.9. The van der Waals surface area contributed by atoms with Gasteiger partial charge in [-0.3, -0.25) is 10.1 Å². The summed E-state index contributed by atoms with van der Waals surface area (Å²) < 4.78 is 5.85. The lowest BCUT2D eigenvalue weighted by atomic mass is 9.68. The number of nitrogens with zero attached hydrogens (tertiary/aromatic N) is 2. The third kappa shape index (κ3) is 4.00. The second-order valence-electron chi connectivity index (χ2n) is 7.55. The van der Waals surface area contributed by atoms with Crippen LogP contribution in [-0.4, -0.2) is 42.0 Å². The van der Waals surface area contributed by atoms with Gasteiger partial charge in [0.1, 0.15) is 6.10 Å². The van der Waals surface area contributed by atoms with Crippen LogP contribution in [0, 0.1) is 22.0 Å². The van der Waals surface area contributed by atoms with Gasteiger partial charge in [0.15, 0.2) is 0 Å². The van der Waals surface area contributed by atoms with Crippen molar-refractivity contribution in [2.75, 3.05) is 14.1 Å². The molecule has 0 saturated heterocycles.